The number of hydrogen-bond acceptors (Lipinski definition) is 7. The van der Waals surface area contributed by atoms with Crippen molar-refractivity contribution in [1.82, 2.24) is 9.62 Å². The number of amides is 1. The molecule has 4 rings (SSSR count). The zero-order chi connectivity index (χ0) is 25.9. The van der Waals surface area contributed by atoms with Crippen molar-refractivity contribution in [2.24, 2.45) is 10.9 Å². The minimum atomic E-state index is -3.67. The van der Waals surface area contributed by atoms with Crippen molar-refractivity contribution in [1.29, 1.82) is 0 Å². The van der Waals surface area contributed by atoms with Crippen LogP contribution in [0, 0.1) is 19.8 Å². The van der Waals surface area contributed by atoms with Crippen LogP contribution >= 0.6 is 0 Å². The molecule has 2 heterocycles. The zero-order valence-corrected chi connectivity index (χ0v) is 21.9. The third kappa shape index (κ3) is 5.82. The molecule has 1 aliphatic carbocycles. The molecule has 3 aliphatic rings. The highest BCUT2D eigenvalue weighted by atomic mass is 32.2. The summed E-state index contributed by atoms with van der Waals surface area (Å²) in [5.74, 6) is 1.58. The summed E-state index contributed by atoms with van der Waals surface area (Å²) < 4.78 is 33.1. The van der Waals surface area contributed by atoms with Crippen molar-refractivity contribution >= 4 is 27.8 Å². The first-order chi connectivity index (χ1) is 17.1. The Bertz CT molecular complexity index is 1110. The molecule has 36 heavy (non-hydrogen) atoms. The van der Waals surface area contributed by atoms with Gasteiger partial charge < -0.3 is 20.3 Å². The summed E-state index contributed by atoms with van der Waals surface area (Å²) in [6, 6.07) is 3.54. The number of hydrogen-bond donors (Lipinski definition) is 3. The Labute approximate surface area is 213 Å². The van der Waals surface area contributed by atoms with Gasteiger partial charge in [-0.1, -0.05) is 19.3 Å². The Morgan fingerprint density at radius 1 is 1.19 bits per heavy atom. The van der Waals surface area contributed by atoms with Crippen LogP contribution in [0.3, 0.4) is 0 Å². The maximum Gasteiger partial charge on any atom is 0.253 e. The van der Waals surface area contributed by atoms with Crippen molar-refractivity contribution < 1.29 is 28.2 Å². The average molecular weight is 520 g/mol. The van der Waals surface area contributed by atoms with Gasteiger partial charge in [0.2, 0.25) is 10.0 Å². The number of nitrogens with one attached hydrogen (secondary N) is 1. The first kappa shape index (κ1) is 26.8. The molecule has 1 spiro atoms. The van der Waals surface area contributed by atoms with E-state index in [1.807, 2.05) is 13.8 Å². The normalized spacial score (nSPS) is 22.1. The van der Waals surface area contributed by atoms with Crippen molar-refractivity contribution in [2.75, 3.05) is 26.3 Å². The van der Waals surface area contributed by atoms with Gasteiger partial charge in [0.15, 0.2) is 0 Å². The van der Waals surface area contributed by atoms with Gasteiger partial charge in [-0.25, -0.2) is 8.42 Å². The van der Waals surface area contributed by atoms with E-state index in [9.17, 15) is 18.3 Å². The molecule has 0 aromatic heterocycles. The molecule has 1 saturated heterocycles. The van der Waals surface area contributed by atoms with E-state index in [2.05, 4.69) is 5.32 Å². The van der Waals surface area contributed by atoms with E-state index in [4.69, 9.17) is 14.8 Å². The lowest BCUT2D eigenvalue weighted by Crippen LogP contribution is -2.50. The summed E-state index contributed by atoms with van der Waals surface area (Å²) in [6.45, 7) is 3.81. The molecular formula is C26H37N3O6S. The summed E-state index contributed by atoms with van der Waals surface area (Å²) in [5.41, 5.74) is 1.60. The molecular weight excluding hydrogens is 482 g/mol. The molecule has 1 amide bonds. The van der Waals surface area contributed by atoms with Crippen molar-refractivity contribution in [3.63, 3.8) is 0 Å². The second-order valence-electron chi connectivity index (χ2n) is 10.2. The van der Waals surface area contributed by atoms with Crippen LogP contribution in [0.2, 0.25) is 0 Å². The third-order valence-corrected chi connectivity index (χ3v) is 9.09. The molecule has 0 unspecified atom stereocenters. The van der Waals surface area contributed by atoms with Crippen LogP contribution in [-0.4, -0.2) is 72.6 Å². The zero-order valence-electron chi connectivity index (χ0n) is 21.1. The SMILES string of the molecule is Cc1cc(OC[C@@H](O)CO)cc(C)c1C=CS(=O)(=O)N1CCC2(CC1)N=C(C1CCCCC1)NC2=O. The fourth-order valence-corrected chi connectivity index (χ4v) is 6.50. The Kier molecular flexibility index (Phi) is 8.18. The summed E-state index contributed by atoms with van der Waals surface area (Å²) in [4.78, 5) is 17.7. The topological polar surface area (TPSA) is 129 Å². The van der Waals surface area contributed by atoms with E-state index in [0.717, 1.165) is 48.2 Å². The molecule has 0 bridgehead atoms. The number of aliphatic hydroxyl groups is 2. The molecule has 9 nitrogen and oxygen atoms in total. The van der Waals surface area contributed by atoms with Crippen molar-refractivity contribution in [2.45, 2.75) is 70.4 Å². The van der Waals surface area contributed by atoms with Crippen molar-refractivity contribution in [3.05, 3.63) is 34.2 Å². The molecule has 1 atom stereocenters. The van der Waals surface area contributed by atoms with Crippen LogP contribution in [0.15, 0.2) is 22.5 Å². The lowest BCUT2D eigenvalue weighted by atomic mass is 9.88. The van der Waals surface area contributed by atoms with Crippen LogP contribution in [0.4, 0.5) is 0 Å². The number of aliphatic imine (C=N–C) groups is 1. The highest BCUT2D eigenvalue weighted by molar-refractivity contribution is 7.92. The van der Waals surface area contributed by atoms with Gasteiger partial charge in [-0.05, 0) is 74.4 Å². The van der Waals surface area contributed by atoms with Crippen LogP contribution < -0.4 is 10.1 Å². The fraction of sp³-hybridized carbons (Fsp3) is 0.615. The number of benzene rings is 1. The second-order valence-corrected chi connectivity index (χ2v) is 12.0. The number of rotatable bonds is 8. The smallest absolute Gasteiger partial charge is 0.253 e. The van der Waals surface area contributed by atoms with E-state index in [1.54, 1.807) is 18.2 Å². The second kappa shape index (κ2) is 11.0. The lowest BCUT2D eigenvalue weighted by Gasteiger charge is -2.34. The van der Waals surface area contributed by atoms with Gasteiger partial charge in [0.25, 0.3) is 5.91 Å². The van der Waals surface area contributed by atoms with Crippen LogP contribution in [0.1, 0.15) is 61.6 Å². The van der Waals surface area contributed by atoms with Gasteiger partial charge in [-0.2, -0.15) is 4.31 Å². The maximum absolute atomic E-state index is 13.1. The summed E-state index contributed by atoms with van der Waals surface area (Å²) >= 11 is 0. The first-order valence-electron chi connectivity index (χ1n) is 12.8. The summed E-state index contributed by atoms with van der Waals surface area (Å²) in [6.07, 6.45) is 7.05. The molecule has 2 aliphatic heterocycles. The fourth-order valence-electron chi connectivity index (χ4n) is 5.33. The van der Waals surface area contributed by atoms with E-state index in [1.165, 1.54) is 16.1 Å². The molecule has 2 fully saturated rings. The number of nitrogens with zero attached hydrogens (tertiary/aromatic N) is 2. The number of carbonyl (C=O) groups excluding carboxylic acids is 1. The van der Waals surface area contributed by atoms with Gasteiger partial charge in [0.1, 0.15) is 29.8 Å². The third-order valence-electron chi connectivity index (χ3n) is 7.53. The lowest BCUT2D eigenvalue weighted by molar-refractivity contribution is -0.125. The van der Waals surface area contributed by atoms with Gasteiger partial charge in [0.05, 0.1) is 6.61 Å². The number of carbonyl (C=O) groups is 1. The van der Waals surface area contributed by atoms with Crippen LogP contribution in [0.25, 0.3) is 6.08 Å². The highest BCUT2D eigenvalue weighted by Gasteiger charge is 2.48. The van der Waals surface area contributed by atoms with Gasteiger partial charge in [-0.15, -0.1) is 0 Å². The minimum Gasteiger partial charge on any atom is -0.491 e. The highest BCUT2D eigenvalue weighted by Crippen LogP contribution is 2.35. The number of sulfonamides is 1. The number of piperidine rings is 1. The Morgan fingerprint density at radius 3 is 2.44 bits per heavy atom. The summed E-state index contributed by atoms with van der Waals surface area (Å²) in [7, 11) is -3.67. The molecule has 1 saturated carbocycles. The Hall–Kier alpha value is -2.27. The van der Waals surface area contributed by atoms with E-state index in [-0.39, 0.29) is 32.2 Å². The minimum absolute atomic E-state index is 0.0282. The van der Waals surface area contributed by atoms with E-state index >= 15 is 0 Å². The molecule has 3 N–H and O–H groups in total. The number of amidine groups is 1. The van der Waals surface area contributed by atoms with E-state index in [0.29, 0.717) is 24.5 Å². The van der Waals surface area contributed by atoms with Gasteiger partial charge in [0, 0.05) is 24.4 Å². The molecule has 10 heteroatoms. The standard InChI is InChI=1S/C26H37N3O6S/c1-18-14-22(35-17-21(31)16-30)15-19(2)23(18)8-13-36(33,34)29-11-9-26(10-12-29)25(32)27-24(28-26)20-6-4-3-5-7-20/h8,13-15,20-21,30-31H,3-7,9-12,16-17H2,1-2H3,(H,27,28,32)/t21-/m0/s1. The first-order valence-corrected chi connectivity index (χ1v) is 14.3. The molecule has 0 radical (unpaired) electrons. The maximum atomic E-state index is 13.1. The quantitative estimate of drug-likeness (QED) is 0.483. The van der Waals surface area contributed by atoms with Crippen LogP contribution in [-0.2, 0) is 14.8 Å². The van der Waals surface area contributed by atoms with Crippen LogP contribution in [0.5, 0.6) is 5.75 Å². The number of aliphatic hydroxyl groups excluding tert-OH is 2. The Morgan fingerprint density at radius 2 is 1.83 bits per heavy atom. The van der Waals surface area contributed by atoms with Gasteiger partial charge >= 0.3 is 0 Å². The predicted molar refractivity (Wildman–Crippen MR) is 138 cm³/mol. The Balaban J connectivity index is 1.41. The average Bonchev–Trinajstić information content (AvgIpc) is 3.18. The van der Waals surface area contributed by atoms with Crippen molar-refractivity contribution in [3.8, 4) is 5.75 Å². The molecule has 1 aromatic carbocycles. The number of ether oxygens (including phenoxy) is 1. The van der Waals surface area contributed by atoms with Gasteiger partial charge in [-0.3, -0.25) is 9.79 Å². The van der Waals surface area contributed by atoms with E-state index < -0.39 is 21.7 Å². The predicted octanol–water partition coefficient (Wildman–Crippen LogP) is 2.28. The molecule has 198 valence electrons. The largest absolute Gasteiger partial charge is 0.491 e. The number of aryl methyl sites for hydroxylation is 2. The monoisotopic (exact) mass is 519 g/mol. The summed E-state index contributed by atoms with van der Waals surface area (Å²) in [5, 5.41) is 22.6. The molecule has 1 aromatic rings.